The van der Waals surface area contributed by atoms with Crippen LogP contribution in [0.25, 0.3) is 0 Å². The lowest BCUT2D eigenvalue weighted by molar-refractivity contribution is -0.145. The molecule has 1 aliphatic heterocycles. The molecule has 2 rings (SSSR count). The van der Waals surface area contributed by atoms with Gasteiger partial charge in [-0.2, -0.15) is 0 Å². The van der Waals surface area contributed by atoms with E-state index in [-0.39, 0.29) is 12.0 Å². The van der Waals surface area contributed by atoms with Crippen molar-refractivity contribution in [2.45, 2.75) is 32.2 Å². The minimum absolute atomic E-state index is 0.195. The van der Waals surface area contributed by atoms with Crippen LogP contribution in [0.2, 0.25) is 0 Å². The van der Waals surface area contributed by atoms with E-state index < -0.39 is 0 Å². The third kappa shape index (κ3) is 3.10. The predicted octanol–water partition coefficient (Wildman–Crippen LogP) is 1.72. The second kappa shape index (κ2) is 6.00. The third-order valence-corrected chi connectivity index (χ3v) is 3.46. The number of ether oxygens (including phenoxy) is 2. The Balaban J connectivity index is 2.07. The molecule has 1 aromatic heterocycles. The first-order valence-electron chi connectivity index (χ1n) is 6.36. The highest BCUT2D eigenvalue weighted by molar-refractivity contribution is 5.74. The van der Waals surface area contributed by atoms with Crippen molar-refractivity contribution < 1.29 is 14.3 Å². The monoisotopic (exact) mass is 252 g/mol. The largest absolute Gasteiger partial charge is 0.467 e. The molecule has 1 saturated heterocycles. The summed E-state index contributed by atoms with van der Waals surface area (Å²) < 4.78 is 12.1. The van der Waals surface area contributed by atoms with Gasteiger partial charge in [0.25, 0.3) is 0 Å². The summed E-state index contributed by atoms with van der Waals surface area (Å²) >= 11 is 0. The maximum absolute atomic E-state index is 11.9. The van der Waals surface area contributed by atoms with Crippen LogP contribution >= 0.6 is 0 Å². The van der Waals surface area contributed by atoms with Crippen LogP contribution in [-0.4, -0.2) is 35.8 Å². The fraction of sp³-hybridized carbons (Fsp3) is 0.692. The van der Waals surface area contributed by atoms with Gasteiger partial charge in [-0.1, -0.05) is 0 Å². The van der Waals surface area contributed by atoms with E-state index in [0.29, 0.717) is 5.92 Å². The minimum Gasteiger partial charge on any atom is -0.467 e. The topological polar surface area (TPSA) is 53.4 Å². The molecule has 100 valence electrons. The van der Waals surface area contributed by atoms with Gasteiger partial charge in [0, 0.05) is 19.4 Å². The van der Waals surface area contributed by atoms with E-state index in [9.17, 15) is 4.79 Å². The number of esters is 1. The second-order valence-electron chi connectivity index (χ2n) is 4.79. The summed E-state index contributed by atoms with van der Waals surface area (Å²) in [6.45, 7) is 3.50. The summed E-state index contributed by atoms with van der Waals surface area (Å²) in [4.78, 5) is 16.1. The van der Waals surface area contributed by atoms with Crippen LogP contribution in [0.1, 0.15) is 31.0 Å². The Kier molecular flexibility index (Phi) is 4.36. The van der Waals surface area contributed by atoms with E-state index in [1.807, 2.05) is 17.7 Å². The molecule has 1 fully saturated rings. The zero-order valence-electron chi connectivity index (χ0n) is 11.0. The summed E-state index contributed by atoms with van der Waals surface area (Å²) in [7, 11) is 1.43. The molecular formula is C13H20N2O3. The molecule has 0 amide bonds. The highest BCUT2D eigenvalue weighted by Crippen LogP contribution is 2.26. The molecule has 0 radical (unpaired) electrons. The van der Waals surface area contributed by atoms with Gasteiger partial charge in [0.05, 0.1) is 19.1 Å². The molecule has 18 heavy (non-hydrogen) atoms. The van der Waals surface area contributed by atoms with Crippen LogP contribution in [0.3, 0.4) is 0 Å². The number of imidazole rings is 1. The summed E-state index contributed by atoms with van der Waals surface area (Å²) in [6.07, 6.45) is 6.42. The maximum Gasteiger partial charge on any atom is 0.328 e. The van der Waals surface area contributed by atoms with Crippen molar-refractivity contribution in [1.29, 1.82) is 0 Å². The molecule has 2 heterocycles. The normalized spacial score (nSPS) is 18.6. The number of methoxy groups -OCH3 is 1. The number of carbonyl (C=O) groups is 1. The minimum atomic E-state index is -0.265. The molecule has 0 bridgehead atoms. The van der Waals surface area contributed by atoms with Crippen molar-refractivity contribution in [1.82, 2.24) is 9.55 Å². The van der Waals surface area contributed by atoms with Gasteiger partial charge < -0.3 is 14.0 Å². The van der Waals surface area contributed by atoms with E-state index in [2.05, 4.69) is 4.98 Å². The molecule has 0 aliphatic carbocycles. The fourth-order valence-electron chi connectivity index (χ4n) is 2.38. The lowest BCUT2D eigenvalue weighted by atomic mass is 9.92. The summed E-state index contributed by atoms with van der Waals surface area (Å²) in [5.41, 5.74) is 0.913. The standard InChI is InChI=1S/C13H20N2O3/c1-10-8-15(9-14-10)12(13(16)17-2)7-11-3-5-18-6-4-11/h8-9,11-12H,3-7H2,1-2H3/t12-/m0/s1. The van der Waals surface area contributed by atoms with Gasteiger partial charge in [0.1, 0.15) is 6.04 Å². The molecule has 0 N–H and O–H groups in total. The molecule has 1 aliphatic rings. The third-order valence-electron chi connectivity index (χ3n) is 3.46. The van der Waals surface area contributed by atoms with Gasteiger partial charge in [0.15, 0.2) is 0 Å². The summed E-state index contributed by atoms with van der Waals surface area (Å²) in [5, 5.41) is 0. The maximum atomic E-state index is 11.9. The Morgan fingerprint density at radius 1 is 1.61 bits per heavy atom. The highest BCUT2D eigenvalue weighted by atomic mass is 16.5. The first-order valence-corrected chi connectivity index (χ1v) is 6.36. The van der Waals surface area contributed by atoms with Crippen LogP contribution < -0.4 is 0 Å². The van der Waals surface area contributed by atoms with Gasteiger partial charge in [-0.3, -0.25) is 0 Å². The Bertz CT molecular complexity index is 397. The highest BCUT2D eigenvalue weighted by Gasteiger charge is 2.26. The van der Waals surface area contributed by atoms with Gasteiger partial charge in [-0.15, -0.1) is 0 Å². The molecule has 1 atom stereocenters. The van der Waals surface area contributed by atoms with E-state index in [1.165, 1.54) is 7.11 Å². The van der Waals surface area contributed by atoms with Crippen LogP contribution in [-0.2, 0) is 14.3 Å². The quantitative estimate of drug-likeness (QED) is 0.766. The van der Waals surface area contributed by atoms with Gasteiger partial charge in [0.2, 0.25) is 0 Å². The van der Waals surface area contributed by atoms with E-state index >= 15 is 0 Å². The zero-order valence-corrected chi connectivity index (χ0v) is 11.0. The Labute approximate surface area is 107 Å². The average molecular weight is 252 g/mol. The van der Waals surface area contributed by atoms with Crippen molar-refractivity contribution in [3.05, 3.63) is 18.2 Å². The van der Waals surface area contributed by atoms with Crippen molar-refractivity contribution in [3.63, 3.8) is 0 Å². The Morgan fingerprint density at radius 3 is 2.89 bits per heavy atom. The van der Waals surface area contributed by atoms with Crippen molar-refractivity contribution >= 4 is 5.97 Å². The molecule has 0 aromatic carbocycles. The fourth-order valence-corrected chi connectivity index (χ4v) is 2.38. The molecule has 5 heteroatoms. The lowest BCUT2D eigenvalue weighted by Crippen LogP contribution is -2.25. The predicted molar refractivity (Wildman–Crippen MR) is 66.2 cm³/mol. The molecule has 1 aromatic rings. The van der Waals surface area contributed by atoms with Crippen molar-refractivity contribution in [3.8, 4) is 0 Å². The number of nitrogens with zero attached hydrogens (tertiary/aromatic N) is 2. The zero-order chi connectivity index (χ0) is 13.0. The molecular weight excluding hydrogens is 232 g/mol. The van der Waals surface area contributed by atoms with Crippen LogP contribution in [0.4, 0.5) is 0 Å². The molecule has 0 saturated carbocycles. The van der Waals surface area contributed by atoms with E-state index in [1.54, 1.807) is 6.33 Å². The number of aromatic nitrogens is 2. The Morgan fingerprint density at radius 2 is 2.33 bits per heavy atom. The number of aryl methyl sites for hydroxylation is 1. The van der Waals surface area contributed by atoms with Crippen molar-refractivity contribution in [2.75, 3.05) is 20.3 Å². The lowest BCUT2D eigenvalue weighted by Gasteiger charge is -2.26. The van der Waals surface area contributed by atoms with Crippen molar-refractivity contribution in [2.24, 2.45) is 5.92 Å². The molecule has 0 unspecified atom stereocenters. The second-order valence-corrected chi connectivity index (χ2v) is 4.79. The van der Waals surface area contributed by atoms with Gasteiger partial charge in [-0.25, -0.2) is 9.78 Å². The van der Waals surface area contributed by atoms with Crippen LogP contribution in [0.15, 0.2) is 12.5 Å². The average Bonchev–Trinajstić information content (AvgIpc) is 2.83. The first kappa shape index (κ1) is 13.1. The molecule has 5 nitrogen and oxygen atoms in total. The summed E-state index contributed by atoms with van der Waals surface area (Å²) in [6, 6.07) is -0.265. The number of rotatable bonds is 4. The van der Waals surface area contributed by atoms with Crippen LogP contribution in [0, 0.1) is 12.8 Å². The summed E-state index contributed by atoms with van der Waals surface area (Å²) in [5.74, 6) is 0.324. The Hall–Kier alpha value is -1.36. The number of hydrogen-bond acceptors (Lipinski definition) is 4. The number of carbonyl (C=O) groups excluding carboxylic acids is 1. The van der Waals surface area contributed by atoms with E-state index in [4.69, 9.17) is 9.47 Å². The smallest absolute Gasteiger partial charge is 0.328 e. The molecule has 0 spiro atoms. The first-order chi connectivity index (χ1) is 8.70. The SMILES string of the molecule is COC(=O)[C@H](CC1CCOCC1)n1cnc(C)c1. The van der Waals surface area contributed by atoms with Gasteiger partial charge in [-0.05, 0) is 32.1 Å². The van der Waals surface area contributed by atoms with E-state index in [0.717, 1.165) is 38.2 Å². The number of hydrogen-bond donors (Lipinski definition) is 0. The van der Waals surface area contributed by atoms with Gasteiger partial charge >= 0.3 is 5.97 Å². The van der Waals surface area contributed by atoms with Crippen LogP contribution in [0.5, 0.6) is 0 Å².